The zero-order valence-corrected chi connectivity index (χ0v) is 12.5. The summed E-state index contributed by atoms with van der Waals surface area (Å²) < 4.78 is 13.5. The molecule has 4 N–H and O–H groups in total. The second-order valence-corrected chi connectivity index (χ2v) is 5.36. The van der Waals surface area contributed by atoms with Gasteiger partial charge in [-0.3, -0.25) is 4.79 Å². The van der Waals surface area contributed by atoms with Crippen molar-refractivity contribution in [2.24, 2.45) is 0 Å². The highest BCUT2D eigenvalue weighted by molar-refractivity contribution is 14.1. The zero-order chi connectivity index (χ0) is 14.7. The number of nitrogen functional groups attached to an aromatic ring is 1. The normalized spacial score (nSPS) is 10.3. The molecule has 0 saturated heterocycles. The standard InChI is InChI=1S/C14H12FIN2O2/c15-9-1-3-11(12(16)6-9)14(20)18-7-8-5-10(17)2-4-13(8)19/h1-6,19H,7,17H2,(H,18,20). The van der Waals surface area contributed by atoms with E-state index in [4.69, 9.17) is 5.73 Å². The average molecular weight is 386 g/mol. The third-order valence-corrected chi connectivity index (χ3v) is 3.61. The van der Waals surface area contributed by atoms with Crippen molar-refractivity contribution in [2.75, 3.05) is 5.73 Å². The summed E-state index contributed by atoms with van der Waals surface area (Å²) in [5, 5.41) is 12.3. The Kier molecular flexibility index (Phi) is 4.43. The Balaban J connectivity index is 2.10. The molecule has 4 nitrogen and oxygen atoms in total. The summed E-state index contributed by atoms with van der Waals surface area (Å²) in [5.74, 6) is -0.663. The Morgan fingerprint density at radius 3 is 2.75 bits per heavy atom. The number of benzene rings is 2. The molecule has 0 aromatic heterocycles. The van der Waals surface area contributed by atoms with Gasteiger partial charge in [0.2, 0.25) is 0 Å². The molecule has 2 rings (SSSR count). The maximum absolute atomic E-state index is 13.0. The largest absolute Gasteiger partial charge is 0.508 e. The SMILES string of the molecule is Nc1ccc(O)c(CNC(=O)c2ccc(F)cc2I)c1. The first-order valence-electron chi connectivity index (χ1n) is 5.78. The van der Waals surface area contributed by atoms with Gasteiger partial charge in [0.05, 0.1) is 5.56 Å². The maximum Gasteiger partial charge on any atom is 0.252 e. The molecular weight excluding hydrogens is 374 g/mol. The Labute approximate surface area is 128 Å². The van der Waals surface area contributed by atoms with Crippen LogP contribution < -0.4 is 11.1 Å². The highest BCUT2D eigenvalue weighted by atomic mass is 127. The molecule has 0 fully saturated rings. The van der Waals surface area contributed by atoms with Crippen LogP contribution >= 0.6 is 22.6 Å². The van der Waals surface area contributed by atoms with Crippen molar-refractivity contribution < 1.29 is 14.3 Å². The van der Waals surface area contributed by atoms with E-state index >= 15 is 0 Å². The Bertz CT molecular complexity index is 662. The lowest BCUT2D eigenvalue weighted by molar-refractivity contribution is 0.0950. The zero-order valence-electron chi connectivity index (χ0n) is 10.4. The molecular formula is C14H12FIN2O2. The van der Waals surface area contributed by atoms with Crippen LogP contribution in [0.3, 0.4) is 0 Å². The molecule has 20 heavy (non-hydrogen) atoms. The molecule has 0 atom stereocenters. The van der Waals surface area contributed by atoms with Gasteiger partial charge in [-0.2, -0.15) is 0 Å². The quantitative estimate of drug-likeness (QED) is 0.431. The predicted octanol–water partition coefficient (Wildman–Crippen LogP) is 2.65. The summed E-state index contributed by atoms with van der Waals surface area (Å²) in [7, 11) is 0. The molecule has 0 unspecified atom stereocenters. The molecule has 2 aromatic rings. The third-order valence-electron chi connectivity index (χ3n) is 2.72. The number of halogens is 2. The van der Waals surface area contributed by atoms with Crippen LogP contribution in [-0.2, 0) is 6.54 Å². The smallest absolute Gasteiger partial charge is 0.252 e. The number of hydrogen-bond donors (Lipinski definition) is 3. The van der Waals surface area contributed by atoms with Gasteiger partial charge in [-0.05, 0) is 59.0 Å². The minimum Gasteiger partial charge on any atom is -0.508 e. The van der Waals surface area contributed by atoms with Crippen molar-refractivity contribution in [3.8, 4) is 5.75 Å². The highest BCUT2D eigenvalue weighted by Crippen LogP contribution is 2.20. The van der Waals surface area contributed by atoms with E-state index in [2.05, 4.69) is 5.32 Å². The summed E-state index contributed by atoms with van der Waals surface area (Å²) in [6, 6.07) is 8.57. The number of aromatic hydroxyl groups is 1. The molecule has 0 spiro atoms. The minimum absolute atomic E-state index is 0.0632. The molecule has 104 valence electrons. The molecule has 0 heterocycles. The summed E-state index contributed by atoms with van der Waals surface area (Å²) in [6.45, 7) is 0.142. The molecule has 0 aliphatic carbocycles. The number of phenolic OH excluding ortho intramolecular Hbond substituents is 1. The van der Waals surface area contributed by atoms with Crippen molar-refractivity contribution in [3.05, 3.63) is 56.9 Å². The number of rotatable bonds is 3. The van der Waals surface area contributed by atoms with E-state index < -0.39 is 0 Å². The molecule has 0 saturated carbocycles. The summed E-state index contributed by atoms with van der Waals surface area (Å²) >= 11 is 1.90. The Morgan fingerprint density at radius 1 is 1.30 bits per heavy atom. The Hall–Kier alpha value is -1.83. The van der Waals surface area contributed by atoms with E-state index in [1.54, 1.807) is 12.1 Å². The van der Waals surface area contributed by atoms with Gasteiger partial charge in [0.15, 0.2) is 0 Å². The summed E-state index contributed by atoms with van der Waals surface area (Å²) in [6.07, 6.45) is 0. The van der Waals surface area contributed by atoms with E-state index in [9.17, 15) is 14.3 Å². The first kappa shape index (κ1) is 14.6. The number of amides is 1. The number of phenols is 1. The first-order valence-corrected chi connectivity index (χ1v) is 6.86. The Morgan fingerprint density at radius 2 is 2.05 bits per heavy atom. The van der Waals surface area contributed by atoms with E-state index in [0.29, 0.717) is 20.4 Å². The van der Waals surface area contributed by atoms with Gasteiger partial charge in [-0.25, -0.2) is 4.39 Å². The van der Waals surface area contributed by atoms with Gasteiger partial charge in [-0.15, -0.1) is 0 Å². The molecule has 0 radical (unpaired) electrons. The predicted molar refractivity (Wildman–Crippen MR) is 82.8 cm³/mol. The lowest BCUT2D eigenvalue weighted by atomic mass is 10.1. The molecule has 0 bridgehead atoms. The molecule has 1 amide bonds. The number of nitrogens with one attached hydrogen (secondary N) is 1. The number of hydrogen-bond acceptors (Lipinski definition) is 3. The van der Waals surface area contributed by atoms with Crippen molar-refractivity contribution in [3.63, 3.8) is 0 Å². The molecule has 0 aliphatic rings. The van der Waals surface area contributed by atoms with Crippen LogP contribution in [-0.4, -0.2) is 11.0 Å². The van der Waals surface area contributed by atoms with Crippen LogP contribution in [0.25, 0.3) is 0 Å². The molecule has 2 aromatic carbocycles. The van der Waals surface area contributed by atoms with Crippen molar-refractivity contribution in [1.29, 1.82) is 0 Å². The van der Waals surface area contributed by atoms with Crippen molar-refractivity contribution in [2.45, 2.75) is 6.54 Å². The lowest BCUT2D eigenvalue weighted by Crippen LogP contribution is -2.23. The van der Waals surface area contributed by atoms with E-state index in [1.165, 1.54) is 24.3 Å². The maximum atomic E-state index is 13.0. The molecule has 6 heteroatoms. The second kappa shape index (κ2) is 6.08. The lowest BCUT2D eigenvalue weighted by Gasteiger charge is -2.09. The van der Waals surface area contributed by atoms with Crippen LogP contribution in [0.4, 0.5) is 10.1 Å². The van der Waals surface area contributed by atoms with Crippen LogP contribution in [0.1, 0.15) is 15.9 Å². The highest BCUT2D eigenvalue weighted by Gasteiger charge is 2.11. The topological polar surface area (TPSA) is 75.3 Å². The fourth-order valence-electron chi connectivity index (χ4n) is 1.69. The summed E-state index contributed by atoms with van der Waals surface area (Å²) in [5.41, 5.74) is 7.03. The van der Waals surface area contributed by atoms with Gasteiger partial charge < -0.3 is 16.2 Å². The minimum atomic E-state index is -0.389. The van der Waals surface area contributed by atoms with E-state index in [1.807, 2.05) is 22.6 Å². The fourth-order valence-corrected chi connectivity index (χ4v) is 2.41. The average Bonchev–Trinajstić information content (AvgIpc) is 2.39. The fraction of sp³-hybridized carbons (Fsp3) is 0.0714. The van der Waals surface area contributed by atoms with Gasteiger partial charge in [-0.1, -0.05) is 0 Å². The van der Waals surface area contributed by atoms with Crippen LogP contribution in [0.15, 0.2) is 36.4 Å². The van der Waals surface area contributed by atoms with Gasteiger partial charge in [0.25, 0.3) is 5.91 Å². The van der Waals surface area contributed by atoms with Gasteiger partial charge in [0.1, 0.15) is 11.6 Å². The number of nitrogens with two attached hydrogens (primary N) is 1. The van der Waals surface area contributed by atoms with Crippen LogP contribution in [0.5, 0.6) is 5.75 Å². The van der Waals surface area contributed by atoms with Crippen molar-refractivity contribution in [1.82, 2.24) is 5.32 Å². The van der Waals surface area contributed by atoms with E-state index in [0.717, 1.165) is 0 Å². The monoisotopic (exact) mass is 386 g/mol. The summed E-state index contributed by atoms with van der Waals surface area (Å²) in [4.78, 5) is 12.0. The molecule has 0 aliphatic heterocycles. The number of carbonyl (C=O) groups is 1. The van der Waals surface area contributed by atoms with Crippen LogP contribution in [0.2, 0.25) is 0 Å². The number of anilines is 1. The number of carbonyl (C=O) groups excluding carboxylic acids is 1. The van der Waals surface area contributed by atoms with E-state index in [-0.39, 0.29) is 24.0 Å². The van der Waals surface area contributed by atoms with Gasteiger partial charge in [0, 0.05) is 21.4 Å². The van der Waals surface area contributed by atoms with Gasteiger partial charge >= 0.3 is 0 Å². The first-order chi connectivity index (χ1) is 9.47. The van der Waals surface area contributed by atoms with Crippen LogP contribution in [0, 0.1) is 9.39 Å². The van der Waals surface area contributed by atoms with Crippen molar-refractivity contribution >= 4 is 34.2 Å². The third kappa shape index (κ3) is 3.38. The second-order valence-electron chi connectivity index (χ2n) is 4.19.